The van der Waals surface area contributed by atoms with Crippen LogP contribution in [-0.2, 0) is 0 Å². The number of hydrogen-bond acceptors (Lipinski definition) is 3. The second-order valence-electron chi connectivity index (χ2n) is 7.13. The molecule has 2 aliphatic rings. The highest BCUT2D eigenvalue weighted by molar-refractivity contribution is 4.94. The van der Waals surface area contributed by atoms with Crippen molar-refractivity contribution < 1.29 is 0 Å². The van der Waals surface area contributed by atoms with Gasteiger partial charge in [0.25, 0.3) is 0 Å². The van der Waals surface area contributed by atoms with E-state index in [2.05, 4.69) is 50.0 Å². The smallest absolute Gasteiger partial charge is 0.0255 e. The van der Waals surface area contributed by atoms with Gasteiger partial charge in [0.2, 0.25) is 0 Å². The molecule has 4 unspecified atom stereocenters. The van der Waals surface area contributed by atoms with Gasteiger partial charge in [0.15, 0.2) is 0 Å². The first-order valence-electron chi connectivity index (χ1n) is 8.14. The number of nitrogens with zero attached hydrogens (tertiary/aromatic N) is 2. The van der Waals surface area contributed by atoms with Crippen molar-refractivity contribution >= 4 is 0 Å². The Balaban J connectivity index is 2.05. The first-order valence-corrected chi connectivity index (χ1v) is 8.14. The summed E-state index contributed by atoms with van der Waals surface area (Å²) in [6.45, 7) is 10.9. The van der Waals surface area contributed by atoms with Crippen LogP contribution in [0.1, 0.15) is 40.0 Å². The van der Waals surface area contributed by atoms with Gasteiger partial charge in [-0.15, -0.1) is 0 Å². The second kappa shape index (κ2) is 6.55. The van der Waals surface area contributed by atoms with Gasteiger partial charge in [0, 0.05) is 37.8 Å². The van der Waals surface area contributed by atoms with E-state index in [1.807, 2.05) is 0 Å². The van der Waals surface area contributed by atoms with Crippen molar-refractivity contribution in [3.05, 3.63) is 0 Å². The zero-order valence-electron chi connectivity index (χ0n) is 13.5. The van der Waals surface area contributed by atoms with Crippen LogP contribution in [0.15, 0.2) is 0 Å². The molecule has 19 heavy (non-hydrogen) atoms. The number of hydrogen-bond donors (Lipinski definition) is 1. The fourth-order valence-electron chi connectivity index (χ4n) is 4.13. The Bertz CT molecular complexity index is 279. The Kier molecular flexibility index (Phi) is 5.27. The summed E-state index contributed by atoms with van der Waals surface area (Å²) in [5, 5.41) is 3.59. The summed E-state index contributed by atoms with van der Waals surface area (Å²) in [5.41, 5.74) is 0. The van der Waals surface area contributed by atoms with Crippen LogP contribution in [0, 0.1) is 11.8 Å². The zero-order chi connectivity index (χ0) is 14.0. The summed E-state index contributed by atoms with van der Waals surface area (Å²) in [6.07, 6.45) is 4.14. The standard InChI is InChI=1S/C16H33N3/c1-12(2)14-6-7-15(17-4)16(10-14)19-9-8-18(5)11-13(19)3/h12-17H,6-11H2,1-5H3. The van der Waals surface area contributed by atoms with Crippen molar-refractivity contribution in [3.8, 4) is 0 Å². The quantitative estimate of drug-likeness (QED) is 0.844. The van der Waals surface area contributed by atoms with E-state index in [1.54, 1.807) is 0 Å². The van der Waals surface area contributed by atoms with Crippen molar-refractivity contribution in [2.24, 2.45) is 11.8 Å². The minimum atomic E-state index is 0.695. The molecule has 1 saturated heterocycles. The molecule has 0 bridgehead atoms. The fourth-order valence-corrected chi connectivity index (χ4v) is 4.13. The molecule has 112 valence electrons. The molecule has 0 amide bonds. The molecule has 0 aromatic rings. The third kappa shape index (κ3) is 3.50. The molecule has 1 heterocycles. The molecule has 2 fully saturated rings. The predicted octanol–water partition coefficient (Wildman–Crippen LogP) is 2.04. The number of likely N-dealkylation sites (N-methyl/N-ethyl adjacent to an activating group) is 2. The minimum absolute atomic E-state index is 0.695. The number of rotatable bonds is 3. The van der Waals surface area contributed by atoms with Crippen LogP contribution in [0.25, 0.3) is 0 Å². The van der Waals surface area contributed by atoms with Gasteiger partial charge in [-0.3, -0.25) is 4.90 Å². The molecule has 3 heteroatoms. The molecule has 0 spiro atoms. The molecule has 0 radical (unpaired) electrons. The average molecular weight is 267 g/mol. The summed E-state index contributed by atoms with van der Waals surface area (Å²) in [7, 11) is 4.40. The number of piperazine rings is 1. The van der Waals surface area contributed by atoms with Crippen LogP contribution in [0.5, 0.6) is 0 Å². The van der Waals surface area contributed by atoms with Crippen molar-refractivity contribution in [2.75, 3.05) is 33.7 Å². The predicted molar refractivity (Wildman–Crippen MR) is 82.5 cm³/mol. The monoisotopic (exact) mass is 267 g/mol. The summed E-state index contributed by atoms with van der Waals surface area (Å²) in [4.78, 5) is 5.26. The van der Waals surface area contributed by atoms with Crippen LogP contribution in [0.2, 0.25) is 0 Å². The fraction of sp³-hybridized carbons (Fsp3) is 1.00. The van der Waals surface area contributed by atoms with Crippen LogP contribution < -0.4 is 5.32 Å². The van der Waals surface area contributed by atoms with E-state index in [0.717, 1.165) is 17.9 Å². The van der Waals surface area contributed by atoms with Gasteiger partial charge >= 0.3 is 0 Å². The molecule has 1 aliphatic heterocycles. The van der Waals surface area contributed by atoms with E-state index in [1.165, 1.54) is 38.9 Å². The largest absolute Gasteiger partial charge is 0.315 e. The number of nitrogens with one attached hydrogen (secondary N) is 1. The van der Waals surface area contributed by atoms with E-state index in [9.17, 15) is 0 Å². The maximum absolute atomic E-state index is 3.59. The normalized spacial score (nSPS) is 38.8. The zero-order valence-corrected chi connectivity index (χ0v) is 13.5. The van der Waals surface area contributed by atoms with Gasteiger partial charge in [0.05, 0.1) is 0 Å². The minimum Gasteiger partial charge on any atom is -0.315 e. The lowest BCUT2D eigenvalue weighted by atomic mass is 9.76. The summed E-state index contributed by atoms with van der Waals surface area (Å²) < 4.78 is 0. The summed E-state index contributed by atoms with van der Waals surface area (Å²) in [6, 6.07) is 2.14. The SMILES string of the molecule is CNC1CCC(C(C)C)CC1N1CCN(C)CC1C. The highest BCUT2D eigenvalue weighted by Crippen LogP contribution is 2.34. The van der Waals surface area contributed by atoms with Crippen LogP contribution in [0.4, 0.5) is 0 Å². The molecule has 0 aromatic heterocycles. The average Bonchev–Trinajstić information content (AvgIpc) is 2.38. The molecule has 1 saturated carbocycles. The summed E-state index contributed by atoms with van der Waals surface area (Å²) >= 11 is 0. The molecule has 3 nitrogen and oxygen atoms in total. The molecular weight excluding hydrogens is 234 g/mol. The lowest BCUT2D eigenvalue weighted by Crippen LogP contribution is -2.61. The van der Waals surface area contributed by atoms with Gasteiger partial charge in [-0.2, -0.15) is 0 Å². The molecule has 4 atom stereocenters. The first-order chi connectivity index (χ1) is 9.02. The second-order valence-corrected chi connectivity index (χ2v) is 7.13. The Hall–Kier alpha value is -0.120. The van der Waals surface area contributed by atoms with Crippen LogP contribution in [-0.4, -0.2) is 61.7 Å². The highest BCUT2D eigenvalue weighted by Gasteiger charge is 2.37. The van der Waals surface area contributed by atoms with E-state index < -0.39 is 0 Å². The van der Waals surface area contributed by atoms with E-state index in [4.69, 9.17) is 0 Å². The van der Waals surface area contributed by atoms with Crippen molar-refractivity contribution in [2.45, 2.75) is 58.2 Å². The van der Waals surface area contributed by atoms with Crippen LogP contribution in [0.3, 0.4) is 0 Å². The van der Waals surface area contributed by atoms with Crippen molar-refractivity contribution in [3.63, 3.8) is 0 Å². The maximum atomic E-state index is 3.59. The van der Waals surface area contributed by atoms with E-state index in [-0.39, 0.29) is 0 Å². The molecule has 2 rings (SSSR count). The molecule has 0 aromatic carbocycles. The van der Waals surface area contributed by atoms with Gasteiger partial charge < -0.3 is 10.2 Å². The lowest BCUT2D eigenvalue weighted by Gasteiger charge is -2.49. The topological polar surface area (TPSA) is 18.5 Å². The van der Waals surface area contributed by atoms with Crippen molar-refractivity contribution in [1.82, 2.24) is 15.1 Å². The third-order valence-corrected chi connectivity index (χ3v) is 5.48. The van der Waals surface area contributed by atoms with Crippen molar-refractivity contribution in [1.29, 1.82) is 0 Å². The highest BCUT2D eigenvalue weighted by atomic mass is 15.3. The third-order valence-electron chi connectivity index (χ3n) is 5.48. The van der Waals surface area contributed by atoms with Gasteiger partial charge in [-0.25, -0.2) is 0 Å². The van der Waals surface area contributed by atoms with Crippen LogP contribution >= 0.6 is 0 Å². The summed E-state index contributed by atoms with van der Waals surface area (Å²) in [5.74, 6) is 1.75. The molecular formula is C16H33N3. The van der Waals surface area contributed by atoms with E-state index >= 15 is 0 Å². The lowest BCUT2D eigenvalue weighted by molar-refractivity contribution is 0.0143. The van der Waals surface area contributed by atoms with Gasteiger partial charge in [-0.05, 0) is 52.1 Å². The van der Waals surface area contributed by atoms with Gasteiger partial charge in [-0.1, -0.05) is 13.8 Å². The first kappa shape index (κ1) is 15.3. The maximum Gasteiger partial charge on any atom is 0.0255 e. The Morgan fingerprint density at radius 3 is 2.47 bits per heavy atom. The van der Waals surface area contributed by atoms with Gasteiger partial charge in [0.1, 0.15) is 0 Å². The Morgan fingerprint density at radius 1 is 1.16 bits per heavy atom. The molecule has 1 N–H and O–H groups in total. The Labute approximate surface area is 119 Å². The van der Waals surface area contributed by atoms with E-state index in [0.29, 0.717) is 12.1 Å². The Morgan fingerprint density at radius 2 is 1.89 bits per heavy atom. The molecule has 1 aliphatic carbocycles.